The number of rotatable bonds is 4. The Morgan fingerprint density at radius 2 is 1.47 bits per heavy atom. The first kappa shape index (κ1) is 12.6. The van der Waals surface area contributed by atoms with Crippen LogP contribution in [0.5, 0.6) is 0 Å². The van der Waals surface area contributed by atoms with Crippen molar-refractivity contribution in [3.8, 4) is 0 Å². The van der Waals surface area contributed by atoms with Crippen LogP contribution < -0.4 is 16.8 Å². The standard InChI is InChI=1S/C14H13N3O2/c15-13(18)9-5-7-10(8-6-9)17-12-4-2-1-3-11(12)14(16)19/h1-8,17H,(H2,15,18)(H2,16,19). The fourth-order valence-corrected chi connectivity index (χ4v) is 1.68. The van der Waals surface area contributed by atoms with Crippen LogP contribution >= 0.6 is 0 Å². The number of benzene rings is 2. The van der Waals surface area contributed by atoms with Gasteiger partial charge in [0.05, 0.1) is 11.3 Å². The lowest BCUT2D eigenvalue weighted by molar-refractivity contribution is 0.0992. The van der Waals surface area contributed by atoms with E-state index in [0.717, 1.165) is 5.69 Å². The SMILES string of the molecule is NC(=O)c1ccc(Nc2ccccc2C(N)=O)cc1. The van der Waals surface area contributed by atoms with Crippen molar-refractivity contribution in [2.75, 3.05) is 5.32 Å². The van der Waals surface area contributed by atoms with E-state index in [1.54, 1.807) is 48.5 Å². The second-order valence-corrected chi connectivity index (χ2v) is 3.98. The summed E-state index contributed by atoms with van der Waals surface area (Å²) in [4.78, 5) is 22.2. The number of nitrogens with one attached hydrogen (secondary N) is 1. The molecule has 2 rings (SSSR count). The fraction of sp³-hybridized carbons (Fsp3) is 0. The molecule has 0 radical (unpaired) electrons. The minimum Gasteiger partial charge on any atom is -0.366 e. The van der Waals surface area contributed by atoms with Crippen LogP contribution in [0.25, 0.3) is 0 Å². The summed E-state index contributed by atoms with van der Waals surface area (Å²) >= 11 is 0. The van der Waals surface area contributed by atoms with E-state index in [2.05, 4.69) is 5.32 Å². The van der Waals surface area contributed by atoms with Crippen molar-refractivity contribution in [3.63, 3.8) is 0 Å². The van der Waals surface area contributed by atoms with Gasteiger partial charge in [-0.05, 0) is 36.4 Å². The van der Waals surface area contributed by atoms with Gasteiger partial charge in [0.15, 0.2) is 0 Å². The van der Waals surface area contributed by atoms with E-state index in [1.165, 1.54) is 0 Å². The molecule has 0 saturated carbocycles. The maximum Gasteiger partial charge on any atom is 0.250 e. The van der Waals surface area contributed by atoms with E-state index in [-0.39, 0.29) is 0 Å². The van der Waals surface area contributed by atoms with Crippen molar-refractivity contribution in [1.29, 1.82) is 0 Å². The number of anilines is 2. The van der Waals surface area contributed by atoms with Gasteiger partial charge in [0.25, 0.3) is 5.91 Å². The van der Waals surface area contributed by atoms with Crippen molar-refractivity contribution < 1.29 is 9.59 Å². The zero-order valence-electron chi connectivity index (χ0n) is 10.1. The summed E-state index contributed by atoms with van der Waals surface area (Å²) in [5, 5.41) is 3.07. The highest BCUT2D eigenvalue weighted by atomic mass is 16.1. The summed E-state index contributed by atoms with van der Waals surface area (Å²) < 4.78 is 0. The summed E-state index contributed by atoms with van der Waals surface area (Å²) in [6, 6.07) is 13.6. The molecule has 0 aromatic heterocycles. The molecule has 0 heterocycles. The molecule has 0 aliphatic carbocycles. The molecule has 0 saturated heterocycles. The van der Waals surface area contributed by atoms with Gasteiger partial charge in [-0.25, -0.2) is 0 Å². The summed E-state index contributed by atoms with van der Waals surface area (Å²) in [5.74, 6) is -0.985. The quantitative estimate of drug-likeness (QED) is 0.774. The van der Waals surface area contributed by atoms with E-state index >= 15 is 0 Å². The van der Waals surface area contributed by atoms with Crippen LogP contribution in [0.2, 0.25) is 0 Å². The van der Waals surface area contributed by atoms with Crippen LogP contribution in [-0.4, -0.2) is 11.8 Å². The third-order valence-corrected chi connectivity index (χ3v) is 2.64. The Labute approximate surface area is 110 Å². The molecule has 96 valence electrons. The number of amides is 2. The molecule has 5 heteroatoms. The Morgan fingerprint density at radius 1 is 0.842 bits per heavy atom. The minimum absolute atomic E-state index is 0.404. The average Bonchev–Trinajstić information content (AvgIpc) is 2.39. The molecule has 19 heavy (non-hydrogen) atoms. The number of primary amides is 2. The lowest BCUT2D eigenvalue weighted by atomic mass is 10.1. The molecule has 0 aliphatic rings. The van der Waals surface area contributed by atoms with Crippen molar-refractivity contribution in [2.24, 2.45) is 11.5 Å². The van der Waals surface area contributed by atoms with Gasteiger partial charge >= 0.3 is 0 Å². The van der Waals surface area contributed by atoms with Crippen LogP contribution in [0, 0.1) is 0 Å². The van der Waals surface area contributed by atoms with E-state index in [1.807, 2.05) is 0 Å². The molecule has 0 spiro atoms. The first-order chi connectivity index (χ1) is 9.08. The van der Waals surface area contributed by atoms with Gasteiger partial charge in [0, 0.05) is 11.3 Å². The monoisotopic (exact) mass is 255 g/mol. The molecule has 0 unspecified atom stereocenters. The van der Waals surface area contributed by atoms with Gasteiger partial charge in [0.2, 0.25) is 5.91 Å². The molecule has 5 N–H and O–H groups in total. The Balaban J connectivity index is 2.26. The highest BCUT2D eigenvalue weighted by Crippen LogP contribution is 2.20. The molecule has 2 aromatic rings. The molecule has 2 amide bonds. The fourth-order valence-electron chi connectivity index (χ4n) is 1.68. The summed E-state index contributed by atoms with van der Waals surface area (Å²) in [5.41, 5.74) is 12.6. The Hall–Kier alpha value is -2.82. The molecule has 0 atom stereocenters. The van der Waals surface area contributed by atoms with E-state index in [0.29, 0.717) is 16.8 Å². The molecular formula is C14H13N3O2. The van der Waals surface area contributed by atoms with Crippen LogP contribution in [-0.2, 0) is 0 Å². The molecular weight excluding hydrogens is 242 g/mol. The number of carbonyl (C=O) groups excluding carboxylic acids is 2. The number of hydrogen-bond acceptors (Lipinski definition) is 3. The lowest BCUT2D eigenvalue weighted by Crippen LogP contribution is -2.13. The topological polar surface area (TPSA) is 98.2 Å². The van der Waals surface area contributed by atoms with Gasteiger partial charge in [-0.1, -0.05) is 12.1 Å². The first-order valence-electron chi connectivity index (χ1n) is 5.63. The van der Waals surface area contributed by atoms with Crippen molar-refractivity contribution in [1.82, 2.24) is 0 Å². The normalized spacial score (nSPS) is 9.89. The van der Waals surface area contributed by atoms with Gasteiger partial charge in [-0.2, -0.15) is 0 Å². The van der Waals surface area contributed by atoms with E-state index < -0.39 is 11.8 Å². The van der Waals surface area contributed by atoms with Gasteiger partial charge < -0.3 is 16.8 Å². The maximum atomic E-state index is 11.3. The number of carbonyl (C=O) groups is 2. The molecule has 0 aliphatic heterocycles. The number of para-hydroxylation sites is 1. The highest BCUT2D eigenvalue weighted by molar-refractivity contribution is 5.99. The highest BCUT2D eigenvalue weighted by Gasteiger charge is 2.07. The second kappa shape index (κ2) is 5.22. The summed E-state index contributed by atoms with van der Waals surface area (Å²) in [6.07, 6.45) is 0. The Kier molecular flexibility index (Phi) is 3.47. The Bertz CT molecular complexity index is 621. The zero-order valence-corrected chi connectivity index (χ0v) is 10.1. The van der Waals surface area contributed by atoms with Crippen molar-refractivity contribution in [2.45, 2.75) is 0 Å². The Morgan fingerprint density at radius 3 is 2.05 bits per heavy atom. The van der Waals surface area contributed by atoms with Crippen LogP contribution in [0.3, 0.4) is 0 Å². The second-order valence-electron chi connectivity index (χ2n) is 3.98. The predicted molar refractivity (Wildman–Crippen MR) is 73.2 cm³/mol. The smallest absolute Gasteiger partial charge is 0.250 e. The zero-order chi connectivity index (χ0) is 13.8. The molecule has 0 bridgehead atoms. The first-order valence-corrected chi connectivity index (χ1v) is 5.63. The third kappa shape index (κ3) is 2.90. The molecule has 5 nitrogen and oxygen atoms in total. The predicted octanol–water partition coefficient (Wildman–Crippen LogP) is 1.63. The van der Waals surface area contributed by atoms with E-state index in [4.69, 9.17) is 11.5 Å². The summed E-state index contributed by atoms with van der Waals surface area (Å²) in [7, 11) is 0. The number of hydrogen-bond donors (Lipinski definition) is 3. The maximum absolute atomic E-state index is 11.3. The molecule has 0 fully saturated rings. The van der Waals surface area contributed by atoms with Crippen molar-refractivity contribution >= 4 is 23.2 Å². The summed E-state index contributed by atoms with van der Waals surface area (Å²) in [6.45, 7) is 0. The van der Waals surface area contributed by atoms with E-state index in [9.17, 15) is 9.59 Å². The lowest BCUT2D eigenvalue weighted by Gasteiger charge is -2.10. The van der Waals surface area contributed by atoms with Crippen LogP contribution in [0.4, 0.5) is 11.4 Å². The largest absolute Gasteiger partial charge is 0.366 e. The van der Waals surface area contributed by atoms with Crippen molar-refractivity contribution in [3.05, 3.63) is 59.7 Å². The van der Waals surface area contributed by atoms with Crippen LogP contribution in [0.1, 0.15) is 20.7 Å². The van der Waals surface area contributed by atoms with Gasteiger partial charge in [-0.3, -0.25) is 9.59 Å². The van der Waals surface area contributed by atoms with Gasteiger partial charge in [-0.15, -0.1) is 0 Å². The van der Waals surface area contributed by atoms with Gasteiger partial charge in [0.1, 0.15) is 0 Å². The third-order valence-electron chi connectivity index (χ3n) is 2.64. The molecule has 2 aromatic carbocycles. The average molecular weight is 255 g/mol. The van der Waals surface area contributed by atoms with Crippen LogP contribution in [0.15, 0.2) is 48.5 Å². The number of nitrogens with two attached hydrogens (primary N) is 2. The minimum atomic E-state index is -0.503.